The normalized spacial score (nSPS) is 12.3. The Morgan fingerprint density at radius 2 is 1.93 bits per heavy atom. The predicted octanol–water partition coefficient (Wildman–Crippen LogP) is 4.72. The number of aromatic nitrogens is 6. The summed E-state index contributed by atoms with van der Waals surface area (Å²) in [6, 6.07) is 11.7. The summed E-state index contributed by atoms with van der Waals surface area (Å²) < 4.78 is 22.2. The number of ether oxygens (including phenoxy) is 1. The van der Waals surface area contributed by atoms with E-state index < -0.39 is 11.4 Å². The molecule has 204 valence electrons. The summed E-state index contributed by atoms with van der Waals surface area (Å²) in [6.07, 6.45) is 9.97. The van der Waals surface area contributed by atoms with Gasteiger partial charge >= 0.3 is 0 Å². The van der Waals surface area contributed by atoms with Gasteiger partial charge in [0.25, 0.3) is 0 Å². The molecular weight excluding hydrogens is 511 g/mol. The van der Waals surface area contributed by atoms with Gasteiger partial charge in [-0.25, -0.2) is 23.6 Å². The molecule has 0 aromatic carbocycles. The number of anilines is 1. The van der Waals surface area contributed by atoms with E-state index in [4.69, 9.17) is 9.72 Å². The van der Waals surface area contributed by atoms with Crippen LogP contribution in [0, 0.1) is 17.1 Å². The number of fused-ring (bicyclic) bond motifs is 1. The van der Waals surface area contributed by atoms with E-state index in [0.717, 1.165) is 35.1 Å². The first kappa shape index (κ1) is 26.8. The van der Waals surface area contributed by atoms with Gasteiger partial charge in [-0.1, -0.05) is 13.0 Å². The molecule has 0 fully saturated rings. The van der Waals surface area contributed by atoms with Crippen molar-refractivity contribution in [3.63, 3.8) is 0 Å². The van der Waals surface area contributed by atoms with Crippen LogP contribution in [0.2, 0.25) is 0 Å². The van der Waals surface area contributed by atoms with Crippen LogP contribution in [0.5, 0.6) is 5.75 Å². The van der Waals surface area contributed by atoms with E-state index in [1.54, 1.807) is 37.0 Å². The van der Waals surface area contributed by atoms with Crippen LogP contribution in [0.4, 0.5) is 10.2 Å². The van der Waals surface area contributed by atoms with Gasteiger partial charge < -0.3 is 14.7 Å². The Labute approximate surface area is 230 Å². The largest absolute Gasteiger partial charge is 0.489 e. The highest BCUT2D eigenvalue weighted by Gasteiger charge is 2.20. The van der Waals surface area contributed by atoms with Gasteiger partial charge in [0.15, 0.2) is 11.6 Å². The number of hydrogen-bond donors (Lipinski definition) is 1. The molecule has 1 atom stereocenters. The zero-order valence-corrected chi connectivity index (χ0v) is 22.7. The van der Waals surface area contributed by atoms with Crippen molar-refractivity contribution in [3.8, 4) is 28.8 Å². The van der Waals surface area contributed by atoms with Crippen LogP contribution in [0.1, 0.15) is 44.4 Å². The molecule has 0 unspecified atom stereocenters. The quantitative estimate of drug-likeness (QED) is 0.285. The minimum absolute atomic E-state index is 0.000417. The summed E-state index contributed by atoms with van der Waals surface area (Å²) in [5.74, 6) is 1.38. The Bertz CT molecular complexity index is 1660. The second-order valence-corrected chi connectivity index (χ2v) is 10.1. The molecule has 5 aromatic rings. The highest BCUT2D eigenvalue weighted by molar-refractivity contribution is 5.85. The van der Waals surface area contributed by atoms with E-state index in [1.807, 2.05) is 37.4 Å². The first-order chi connectivity index (χ1) is 19.2. The van der Waals surface area contributed by atoms with Gasteiger partial charge in [0.1, 0.15) is 24.2 Å². The summed E-state index contributed by atoms with van der Waals surface area (Å²) in [5, 5.41) is 28.0. The number of aliphatic hydroxyl groups is 1. The van der Waals surface area contributed by atoms with Crippen LogP contribution < -0.4 is 9.64 Å². The minimum atomic E-state index is -1.01. The van der Waals surface area contributed by atoms with Crippen LogP contribution in [0.15, 0.2) is 67.5 Å². The Morgan fingerprint density at radius 3 is 2.52 bits per heavy atom. The van der Waals surface area contributed by atoms with Gasteiger partial charge in [-0.3, -0.25) is 0 Å². The smallest absolute Gasteiger partial charge is 0.161 e. The monoisotopic (exact) mass is 540 g/mol. The van der Waals surface area contributed by atoms with E-state index >= 15 is 0 Å². The molecule has 0 saturated carbocycles. The van der Waals surface area contributed by atoms with Crippen molar-refractivity contribution in [2.24, 2.45) is 0 Å². The molecule has 1 N–H and O–H groups in total. The van der Waals surface area contributed by atoms with Gasteiger partial charge in [-0.05, 0) is 50.1 Å². The summed E-state index contributed by atoms with van der Waals surface area (Å²) in [7, 11) is 1.97. The Kier molecular flexibility index (Phi) is 7.19. The van der Waals surface area contributed by atoms with Crippen molar-refractivity contribution in [3.05, 3.63) is 84.5 Å². The number of halogens is 1. The van der Waals surface area contributed by atoms with Crippen LogP contribution in [-0.2, 0) is 0 Å². The van der Waals surface area contributed by atoms with Crippen molar-refractivity contribution in [1.82, 2.24) is 29.4 Å². The van der Waals surface area contributed by atoms with Crippen molar-refractivity contribution < 1.29 is 14.2 Å². The van der Waals surface area contributed by atoms with E-state index in [1.165, 1.54) is 17.1 Å². The molecule has 0 saturated heterocycles. The molecule has 0 amide bonds. The van der Waals surface area contributed by atoms with Gasteiger partial charge in [-0.15, -0.1) is 0 Å². The SMILES string of the molecule is CC[C@@H](c1ccc(-n2cc(F)cn2)nc1)N(C)c1ccc(-c2cc(OCC(C)(C)O)cn3ncc(C#N)c23)cn1. The lowest BCUT2D eigenvalue weighted by molar-refractivity contribution is 0.0283. The molecule has 5 rings (SSSR count). The van der Waals surface area contributed by atoms with Crippen molar-refractivity contribution in [1.29, 1.82) is 5.26 Å². The summed E-state index contributed by atoms with van der Waals surface area (Å²) in [6.45, 7) is 5.52. The summed E-state index contributed by atoms with van der Waals surface area (Å²) in [5.41, 5.74) is 2.60. The molecule has 11 heteroatoms. The fourth-order valence-electron chi connectivity index (χ4n) is 4.54. The standard InChI is InChI=1S/C29H29FN8O2/c1-5-25(20-7-9-27(33-13-20)37-16-22(30)15-35-37)36(4)26-8-6-19(12-32-26)24-10-23(40-18-29(2,3)39)17-38-28(24)21(11-31)14-34-38/h6-10,12-17,25,39H,5,18H2,1-4H3/t25-/m0/s1. The number of hydrogen-bond acceptors (Lipinski definition) is 8. The molecular formula is C29H29FN8O2. The summed E-state index contributed by atoms with van der Waals surface area (Å²) >= 11 is 0. The Morgan fingerprint density at radius 1 is 1.10 bits per heavy atom. The average Bonchev–Trinajstić information content (AvgIpc) is 3.58. The zero-order valence-electron chi connectivity index (χ0n) is 22.7. The van der Waals surface area contributed by atoms with E-state index in [0.29, 0.717) is 22.6 Å². The number of nitrogens with zero attached hydrogens (tertiary/aromatic N) is 8. The van der Waals surface area contributed by atoms with Crippen LogP contribution in [0.25, 0.3) is 22.5 Å². The summed E-state index contributed by atoms with van der Waals surface area (Å²) in [4.78, 5) is 11.3. The van der Waals surface area contributed by atoms with Crippen LogP contribution in [-0.4, -0.2) is 53.7 Å². The number of rotatable bonds is 9. The van der Waals surface area contributed by atoms with Gasteiger partial charge in [0.2, 0.25) is 0 Å². The molecule has 0 aliphatic rings. The highest BCUT2D eigenvalue weighted by atomic mass is 19.1. The maximum atomic E-state index is 13.3. The van der Waals surface area contributed by atoms with Crippen LogP contribution in [0.3, 0.4) is 0 Å². The topological polar surface area (TPSA) is 117 Å². The molecule has 10 nitrogen and oxygen atoms in total. The van der Waals surface area contributed by atoms with E-state index in [9.17, 15) is 14.8 Å². The molecule has 0 aliphatic carbocycles. The molecule has 5 heterocycles. The first-order valence-electron chi connectivity index (χ1n) is 12.8. The highest BCUT2D eigenvalue weighted by Crippen LogP contribution is 2.33. The van der Waals surface area contributed by atoms with E-state index in [-0.39, 0.29) is 12.6 Å². The third kappa shape index (κ3) is 5.48. The molecule has 40 heavy (non-hydrogen) atoms. The van der Waals surface area contributed by atoms with Gasteiger partial charge in [0.05, 0.1) is 47.5 Å². The molecule has 0 bridgehead atoms. The van der Waals surface area contributed by atoms with E-state index in [2.05, 4.69) is 33.1 Å². The van der Waals surface area contributed by atoms with Crippen molar-refractivity contribution in [2.45, 2.75) is 38.8 Å². The van der Waals surface area contributed by atoms with Crippen molar-refractivity contribution in [2.75, 3.05) is 18.6 Å². The zero-order chi connectivity index (χ0) is 28.4. The predicted molar refractivity (Wildman–Crippen MR) is 148 cm³/mol. The molecule has 5 aromatic heterocycles. The van der Waals surface area contributed by atoms with Gasteiger partial charge in [0, 0.05) is 30.6 Å². The van der Waals surface area contributed by atoms with Crippen molar-refractivity contribution >= 4 is 11.3 Å². The third-order valence-electron chi connectivity index (χ3n) is 6.51. The Hall–Kier alpha value is -4.82. The lowest BCUT2D eigenvalue weighted by Gasteiger charge is -2.28. The number of pyridine rings is 3. The third-order valence-corrected chi connectivity index (χ3v) is 6.51. The van der Waals surface area contributed by atoms with Gasteiger partial charge in [-0.2, -0.15) is 15.5 Å². The molecule has 0 radical (unpaired) electrons. The molecule has 0 aliphatic heterocycles. The first-order valence-corrected chi connectivity index (χ1v) is 12.8. The second kappa shape index (κ2) is 10.7. The minimum Gasteiger partial charge on any atom is -0.489 e. The second-order valence-electron chi connectivity index (χ2n) is 10.1. The maximum absolute atomic E-state index is 13.3. The lowest BCUT2D eigenvalue weighted by atomic mass is 10.0. The number of nitriles is 1. The fraction of sp³-hybridized carbons (Fsp3) is 0.276. The Balaban J connectivity index is 1.42. The molecule has 0 spiro atoms. The maximum Gasteiger partial charge on any atom is 0.161 e. The lowest BCUT2D eigenvalue weighted by Crippen LogP contribution is -2.27. The average molecular weight is 541 g/mol. The van der Waals surface area contributed by atoms with Crippen LogP contribution >= 0.6 is 0 Å². The fourth-order valence-corrected chi connectivity index (χ4v) is 4.54.